The van der Waals surface area contributed by atoms with Crippen molar-refractivity contribution in [1.82, 2.24) is 10.2 Å². The highest BCUT2D eigenvalue weighted by Gasteiger charge is 2.14. The minimum absolute atomic E-state index is 0.145. The van der Waals surface area contributed by atoms with Crippen LogP contribution in [0, 0.1) is 0 Å². The SMILES string of the molecule is COc1cccc(NC(=O)CCc2nnc(C(=O)Nc3ccccc3)s2)c1. The lowest BCUT2D eigenvalue weighted by Gasteiger charge is -2.06. The first kappa shape index (κ1) is 18.5. The molecule has 0 spiro atoms. The lowest BCUT2D eigenvalue weighted by atomic mass is 10.2. The fourth-order valence-electron chi connectivity index (χ4n) is 2.30. The average molecular weight is 382 g/mol. The minimum atomic E-state index is -0.314. The molecule has 0 saturated carbocycles. The molecule has 0 fully saturated rings. The van der Waals surface area contributed by atoms with Gasteiger partial charge in [0.25, 0.3) is 5.91 Å². The maximum absolute atomic E-state index is 12.2. The second-order valence-corrected chi connectivity index (χ2v) is 6.66. The smallest absolute Gasteiger partial charge is 0.286 e. The van der Waals surface area contributed by atoms with E-state index in [1.54, 1.807) is 43.5 Å². The van der Waals surface area contributed by atoms with Gasteiger partial charge in [0.15, 0.2) is 0 Å². The van der Waals surface area contributed by atoms with E-state index in [-0.39, 0.29) is 23.2 Å². The van der Waals surface area contributed by atoms with Gasteiger partial charge in [-0.25, -0.2) is 0 Å². The molecule has 1 heterocycles. The van der Waals surface area contributed by atoms with Crippen molar-refractivity contribution in [2.75, 3.05) is 17.7 Å². The number of amides is 2. The summed E-state index contributed by atoms with van der Waals surface area (Å²) in [6, 6.07) is 16.3. The molecule has 0 saturated heterocycles. The highest BCUT2D eigenvalue weighted by Crippen LogP contribution is 2.18. The Morgan fingerprint density at radius 3 is 2.56 bits per heavy atom. The van der Waals surface area contributed by atoms with Crippen molar-refractivity contribution in [2.45, 2.75) is 12.8 Å². The summed E-state index contributed by atoms with van der Waals surface area (Å²) in [7, 11) is 1.57. The van der Waals surface area contributed by atoms with Crippen molar-refractivity contribution in [1.29, 1.82) is 0 Å². The van der Waals surface area contributed by atoms with Gasteiger partial charge in [-0.2, -0.15) is 0 Å². The number of aromatic nitrogens is 2. The zero-order chi connectivity index (χ0) is 19.1. The van der Waals surface area contributed by atoms with E-state index in [2.05, 4.69) is 20.8 Å². The molecule has 1 aromatic heterocycles. The fourth-order valence-corrected chi connectivity index (χ4v) is 3.03. The predicted molar refractivity (Wildman–Crippen MR) is 104 cm³/mol. The van der Waals surface area contributed by atoms with E-state index in [9.17, 15) is 9.59 Å². The topological polar surface area (TPSA) is 93.2 Å². The number of aryl methyl sites for hydroxylation is 1. The Bertz CT molecular complexity index is 927. The Kier molecular flexibility index (Phi) is 6.11. The van der Waals surface area contributed by atoms with E-state index in [0.717, 1.165) is 0 Å². The summed E-state index contributed by atoms with van der Waals surface area (Å²) in [6.07, 6.45) is 0.651. The molecule has 3 aromatic rings. The first-order valence-electron chi connectivity index (χ1n) is 8.27. The molecule has 7 nitrogen and oxygen atoms in total. The molecule has 8 heteroatoms. The molecular formula is C19H18N4O3S. The molecule has 0 atom stereocenters. The van der Waals surface area contributed by atoms with E-state index in [1.807, 2.05) is 18.2 Å². The van der Waals surface area contributed by atoms with Crippen LogP contribution in [0.1, 0.15) is 21.2 Å². The lowest BCUT2D eigenvalue weighted by molar-refractivity contribution is -0.116. The van der Waals surface area contributed by atoms with Gasteiger partial charge < -0.3 is 15.4 Å². The molecule has 27 heavy (non-hydrogen) atoms. The van der Waals surface area contributed by atoms with Gasteiger partial charge in [-0.1, -0.05) is 35.6 Å². The van der Waals surface area contributed by atoms with Crippen molar-refractivity contribution in [3.05, 3.63) is 64.6 Å². The van der Waals surface area contributed by atoms with Crippen LogP contribution in [0.3, 0.4) is 0 Å². The van der Waals surface area contributed by atoms with Crippen LogP contribution in [0.25, 0.3) is 0 Å². The quantitative estimate of drug-likeness (QED) is 0.653. The number of para-hydroxylation sites is 1. The third kappa shape index (κ3) is 5.35. The van der Waals surface area contributed by atoms with Crippen molar-refractivity contribution in [3.63, 3.8) is 0 Å². The number of ether oxygens (including phenoxy) is 1. The van der Waals surface area contributed by atoms with Crippen LogP contribution in [-0.4, -0.2) is 29.1 Å². The van der Waals surface area contributed by atoms with Crippen molar-refractivity contribution >= 4 is 34.5 Å². The second kappa shape index (κ2) is 8.91. The molecule has 3 rings (SSSR count). The molecule has 0 aliphatic carbocycles. The van der Waals surface area contributed by atoms with E-state index in [1.165, 1.54) is 11.3 Å². The Balaban J connectivity index is 1.51. The van der Waals surface area contributed by atoms with Gasteiger partial charge in [-0.3, -0.25) is 9.59 Å². The van der Waals surface area contributed by atoms with Gasteiger partial charge in [-0.05, 0) is 24.3 Å². The Morgan fingerprint density at radius 1 is 1.00 bits per heavy atom. The zero-order valence-electron chi connectivity index (χ0n) is 14.6. The predicted octanol–water partition coefficient (Wildman–Crippen LogP) is 3.37. The summed E-state index contributed by atoms with van der Waals surface area (Å²) in [5.74, 6) is 0.213. The molecule has 0 aliphatic rings. The van der Waals surface area contributed by atoms with E-state index in [0.29, 0.717) is 28.6 Å². The van der Waals surface area contributed by atoms with Gasteiger partial charge in [-0.15, -0.1) is 10.2 Å². The fraction of sp³-hybridized carbons (Fsp3) is 0.158. The Hall–Kier alpha value is -3.26. The number of methoxy groups -OCH3 is 1. The van der Waals surface area contributed by atoms with E-state index in [4.69, 9.17) is 4.74 Å². The molecule has 2 N–H and O–H groups in total. The van der Waals surface area contributed by atoms with Crippen molar-refractivity contribution < 1.29 is 14.3 Å². The maximum Gasteiger partial charge on any atom is 0.286 e. The Morgan fingerprint density at radius 2 is 1.78 bits per heavy atom. The third-order valence-electron chi connectivity index (χ3n) is 3.61. The molecular weight excluding hydrogens is 364 g/mol. The molecule has 0 unspecified atom stereocenters. The zero-order valence-corrected chi connectivity index (χ0v) is 15.5. The van der Waals surface area contributed by atoms with Crippen molar-refractivity contribution in [3.8, 4) is 5.75 Å². The van der Waals surface area contributed by atoms with Gasteiger partial charge in [0.1, 0.15) is 10.8 Å². The van der Waals surface area contributed by atoms with Crippen LogP contribution >= 0.6 is 11.3 Å². The number of rotatable bonds is 7. The number of benzene rings is 2. The van der Waals surface area contributed by atoms with Crippen LogP contribution < -0.4 is 15.4 Å². The summed E-state index contributed by atoms with van der Waals surface area (Å²) in [5, 5.41) is 14.4. The van der Waals surface area contributed by atoms with Gasteiger partial charge in [0, 0.05) is 30.3 Å². The van der Waals surface area contributed by atoms with Crippen LogP contribution in [-0.2, 0) is 11.2 Å². The third-order valence-corrected chi connectivity index (χ3v) is 4.59. The Labute approximate surface area is 160 Å². The van der Waals surface area contributed by atoms with Gasteiger partial charge in [0.2, 0.25) is 10.9 Å². The van der Waals surface area contributed by atoms with Gasteiger partial charge >= 0.3 is 0 Å². The van der Waals surface area contributed by atoms with Crippen LogP contribution in [0.4, 0.5) is 11.4 Å². The van der Waals surface area contributed by atoms with E-state index >= 15 is 0 Å². The number of carbonyl (C=O) groups is 2. The van der Waals surface area contributed by atoms with Gasteiger partial charge in [0.05, 0.1) is 7.11 Å². The number of nitrogens with one attached hydrogen (secondary N) is 2. The van der Waals surface area contributed by atoms with Crippen LogP contribution in [0.15, 0.2) is 54.6 Å². The number of anilines is 2. The first-order valence-corrected chi connectivity index (χ1v) is 9.08. The summed E-state index contributed by atoms with van der Waals surface area (Å²) in [5.41, 5.74) is 1.36. The summed E-state index contributed by atoms with van der Waals surface area (Å²) in [4.78, 5) is 24.3. The molecule has 0 aliphatic heterocycles. The highest BCUT2D eigenvalue weighted by atomic mass is 32.1. The van der Waals surface area contributed by atoms with Crippen LogP contribution in [0.5, 0.6) is 5.75 Å². The summed E-state index contributed by atoms with van der Waals surface area (Å²) < 4.78 is 5.13. The second-order valence-electron chi connectivity index (χ2n) is 5.60. The monoisotopic (exact) mass is 382 g/mol. The maximum atomic E-state index is 12.2. The highest BCUT2D eigenvalue weighted by molar-refractivity contribution is 7.13. The summed E-state index contributed by atoms with van der Waals surface area (Å²) in [6.45, 7) is 0. The van der Waals surface area contributed by atoms with Crippen LogP contribution in [0.2, 0.25) is 0 Å². The summed E-state index contributed by atoms with van der Waals surface area (Å²) >= 11 is 1.18. The normalized spacial score (nSPS) is 10.3. The first-order chi connectivity index (χ1) is 13.1. The number of hydrogen-bond acceptors (Lipinski definition) is 6. The van der Waals surface area contributed by atoms with Crippen molar-refractivity contribution in [2.24, 2.45) is 0 Å². The number of carbonyl (C=O) groups excluding carboxylic acids is 2. The number of nitrogens with zero attached hydrogens (tertiary/aromatic N) is 2. The molecule has 138 valence electrons. The molecule has 2 amide bonds. The molecule has 0 bridgehead atoms. The lowest BCUT2D eigenvalue weighted by Crippen LogP contribution is -2.12. The largest absolute Gasteiger partial charge is 0.497 e. The minimum Gasteiger partial charge on any atom is -0.497 e. The standard InChI is InChI=1S/C19H18N4O3S/c1-26-15-9-5-8-14(12-15)20-16(24)10-11-17-22-23-19(27-17)18(25)21-13-6-3-2-4-7-13/h2-9,12H,10-11H2,1H3,(H,20,24)(H,21,25). The molecule has 2 aromatic carbocycles. The number of hydrogen-bond donors (Lipinski definition) is 2. The average Bonchev–Trinajstić information content (AvgIpc) is 3.17. The van der Waals surface area contributed by atoms with E-state index < -0.39 is 0 Å². The molecule has 0 radical (unpaired) electrons.